The molecular formula is C12H14N4O2. The van der Waals surface area contributed by atoms with E-state index in [2.05, 4.69) is 20.8 Å². The van der Waals surface area contributed by atoms with Gasteiger partial charge in [-0.25, -0.2) is 4.98 Å². The van der Waals surface area contributed by atoms with Crippen molar-refractivity contribution in [3.8, 4) is 0 Å². The minimum absolute atomic E-state index is 0.314. The molecule has 0 spiro atoms. The first-order chi connectivity index (χ1) is 8.69. The number of hydrogen-bond donors (Lipinski definition) is 2. The molecule has 2 aromatic heterocycles. The number of rotatable bonds is 4. The van der Waals surface area contributed by atoms with Gasteiger partial charge in [0.2, 0.25) is 0 Å². The lowest BCUT2D eigenvalue weighted by molar-refractivity contribution is 0.102. The number of carbonyl (C=O) groups is 1. The summed E-state index contributed by atoms with van der Waals surface area (Å²) in [6.45, 7) is 4.56. The van der Waals surface area contributed by atoms with Crippen molar-refractivity contribution in [3.05, 3.63) is 35.9 Å². The fourth-order valence-electron chi connectivity index (χ4n) is 1.44. The number of aromatic nitrogens is 2. The molecule has 0 aliphatic rings. The number of nitrogens with zero attached hydrogens (tertiary/aromatic N) is 2. The van der Waals surface area contributed by atoms with E-state index in [0.29, 0.717) is 17.3 Å². The molecule has 2 heterocycles. The van der Waals surface area contributed by atoms with Crippen LogP contribution >= 0.6 is 0 Å². The summed E-state index contributed by atoms with van der Waals surface area (Å²) in [6, 6.07) is 5.10. The van der Waals surface area contributed by atoms with Gasteiger partial charge in [0.1, 0.15) is 11.5 Å². The average molecular weight is 246 g/mol. The number of hydrogen-bond acceptors (Lipinski definition) is 5. The predicted molar refractivity (Wildman–Crippen MR) is 67.6 cm³/mol. The number of carbonyl (C=O) groups excluding carboxylic acids is 1. The van der Waals surface area contributed by atoms with Gasteiger partial charge in [0.05, 0.1) is 11.9 Å². The second-order valence-electron chi connectivity index (χ2n) is 3.74. The van der Waals surface area contributed by atoms with Gasteiger partial charge >= 0.3 is 0 Å². The lowest BCUT2D eigenvalue weighted by Crippen LogP contribution is -2.13. The third-order valence-corrected chi connectivity index (χ3v) is 2.25. The largest absolute Gasteiger partial charge is 0.384 e. The maximum absolute atomic E-state index is 11.8. The molecule has 0 atom stereocenters. The third kappa shape index (κ3) is 2.85. The number of aryl methyl sites for hydroxylation is 1. The van der Waals surface area contributed by atoms with Crippen LogP contribution in [0.1, 0.15) is 23.2 Å². The van der Waals surface area contributed by atoms with Gasteiger partial charge in [0.15, 0.2) is 5.82 Å². The Bertz CT molecular complexity index is 533. The van der Waals surface area contributed by atoms with Crippen LogP contribution in [-0.2, 0) is 0 Å². The van der Waals surface area contributed by atoms with Crippen LogP contribution in [0, 0.1) is 6.92 Å². The zero-order valence-corrected chi connectivity index (χ0v) is 10.2. The van der Waals surface area contributed by atoms with E-state index in [1.165, 1.54) is 0 Å². The zero-order valence-electron chi connectivity index (χ0n) is 10.2. The Hall–Kier alpha value is -2.37. The first-order valence-electron chi connectivity index (χ1n) is 5.63. The number of nitrogens with one attached hydrogen (secondary N) is 2. The molecule has 0 unspecified atom stereocenters. The summed E-state index contributed by atoms with van der Waals surface area (Å²) in [7, 11) is 0. The van der Waals surface area contributed by atoms with Crippen molar-refractivity contribution in [2.45, 2.75) is 13.8 Å². The quantitative estimate of drug-likeness (QED) is 0.863. The first-order valence-corrected chi connectivity index (χ1v) is 5.63. The van der Waals surface area contributed by atoms with E-state index >= 15 is 0 Å². The fraction of sp³-hybridized carbons (Fsp3) is 0.250. The van der Waals surface area contributed by atoms with Crippen molar-refractivity contribution in [1.82, 2.24) is 10.1 Å². The first kappa shape index (κ1) is 12.1. The molecule has 0 aliphatic heterocycles. The van der Waals surface area contributed by atoms with Crippen molar-refractivity contribution in [3.63, 3.8) is 0 Å². The van der Waals surface area contributed by atoms with Crippen LogP contribution in [-0.4, -0.2) is 22.6 Å². The summed E-state index contributed by atoms with van der Waals surface area (Å²) in [4.78, 5) is 15.9. The van der Waals surface area contributed by atoms with Crippen molar-refractivity contribution < 1.29 is 9.32 Å². The molecular weight excluding hydrogens is 232 g/mol. The SMILES string of the molecule is CCNc1ccc(C(=O)Nc2cc(C)on2)nc1. The maximum Gasteiger partial charge on any atom is 0.275 e. The van der Waals surface area contributed by atoms with Gasteiger partial charge in [0, 0.05) is 12.6 Å². The van der Waals surface area contributed by atoms with Crippen LogP contribution in [0.4, 0.5) is 11.5 Å². The van der Waals surface area contributed by atoms with Gasteiger partial charge in [-0.05, 0) is 26.0 Å². The van der Waals surface area contributed by atoms with Crippen molar-refractivity contribution >= 4 is 17.4 Å². The van der Waals surface area contributed by atoms with Gasteiger partial charge in [0.25, 0.3) is 5.91 Å². The van der Waals surface area contributed by atoms with E-state index in [1.54, 1.807) is 31.3 Å². The minimum Gasteiger partial charge on any atom is -0.384 e. The second-order valence-corrected chi connectivity index (χ2v) is 3.74. The fourth-order valence-corrected chi connectivity index (χ4v) is 1.44. The van der Waals surface area contributed by atoms with Crippen LogP contribution in [0.3, 0.4) is 0 Å². The Morgan fingerprint density at radius 2 is 2.28 bits per heavy atom. The molecule has 0 saturated heterocycles. The maximum atomic E-state index is 11.8. The van der Waals surface area contributed by atoms with Crippen LogP contribution in [0.5, 0.6) is 0 Å². The van der Waals surface area contributed by atoms with Crippen LogP contribution in [0.2, 0.25) is 0 Å². The number of amides is 1. The van der Waals surface area contributed by atoms with Gasteiger partial charge in [-0.3, -0.25) is 4.79 Å². The molecule has 94 valence electrons. The molecule has 18 heavy (non-hydrogen) atoms. The van der Waals surface area contributed by atoms with Gasteiger partial charge in [-0.15, -0.1) is 0 Å². The third-order valence-electron chi connectivity index (χ3n) is 2.25. The molecule has 2 rings (SSSR count). The molecule has 0 bridgehead atoms. The van der Waals surface area contributed by atoms with Crippen molar-refractivity contribution in [2.75, 3.05) is 17.2 Å². The monoisotopic (exact) mass is 246 g/mol. The Kier molecular flexibility index (Phi) is 3.57. The van der Waals surface area contributed by atoms with E-state index in [0.717, 1.165) is 12.2 Å². The molecule has 6 nitrogen and oxygen atoms in total. The van der Waals surface area contributed by atoms with Crippen LogP contribution < -0.4 is 10.6 Å². The highest BCUT2D eigenvalue weighted by molar-refractivity contribution is 6.02. The molecule has 0 saturated carbocycles. The average Bonchev–Trinajstić information content (AvgIpc) is 2.76. The Labute approximate surface area is 104 Å². The lowest BCUT2D eigenvalue weighted by Gasteiger charge is -2.03. The van der Waals surface area contributed by atoms with Gasteiger partial charge in [-0.1, -0.05) is 5.16 Å². The molecule has 0 radical (unpaired) electrons. The normalized spacial score (nSPS) is 10.1. The highest BCUT2D eigenvalue weighted by atomic mass is 16.5. The standard InChI is InChI=1S/C12H14N4O2/c1-3-13-9-4-5-10(14-7-9)12(17)15-11-6-8(2)18-16-11/h4-7,13H,3H2,1-2H3,(H,15,16,17). The Balaban J connectivity index is 2.04. The highest BCUT2D eigenvalue weighted by Crippen LogP contribution is 2.10. The number of anilines is 2. The lowest BCUT2D eigenvalue weighted by atomic mass is 10.3. The van der Waals surface area contributed by atoms with Crippen LogP contribution in [0.25, 0.3) is 0 Å². The minimum atomic E-state index is -0.314. The van der Waals surface area contributed by atoms with Gasteiger partial charge < -0.3 is 15.2 Å². The van der Waals surface area contributed by atoms with E-state index in [9.17, 15) is 4.79 Å². The summed E-state index contributed by atoms with van der Waals surface area (Å²) in [5, 5.41) is 9.39. The molecule has 6 heteroatoms. The summed E-state index contributed by atoms with van der Waals surface area (Å²) < 4.78 is 4.86. The Morgan fingerprint density at radius 3 is 2.83 bits per heavy atom. The van der Waals surface area contributed by atoms with Gasteiger partial charge in [-0.2, -0.15) is 0 Å². The summed E-state index contributed by atoms with van der Waals surface area (Å²) >= 11 is 0. The molecule has 0 fully saturated rings. The smallest absolute Gasteiger partial charge is 0.275 e. The van der Waals surface area contributed by atoms with E-state index in [4.69, 9.17) is 4.52 Å². The summed E-state index contributed by atoms with van der Waals surface area (Å²) in [5.74, 6) is 0.710. The topological polar surface area (TPSA) is 80.0 Å². The molecule has 0 aromatic carbocycles. The molecule has 2 N–H and O–H groups in total. The van der Waals surface area contributed by atoms with Crippen molar-refractivity contribution in [1.29, 1.82) is 0 Å². The van der Waals surface area contributed by atoms with E-state index in [1.807, 2.05) is 6.92 Å². The van der Waals surface area contributed by atoms with Crippen LogP contribution in [0.15, 0.2) is 28.9 Å². The number of pyridine rings is 1. The predicted octanol–water partition coefficient (Wildman–Crippen LogP) is 2.06. The molecule has 0 aliphatic carbocycles. The second kappa shape index (κ2) is 5.31. The van der Waals surface area contributed by atoms with Crippen molar-refractivity contribution in [2.24, 2.45) is 0 Å². The summed E-state index contributed by atoms with van der Waals surface area (Å²) in [6.07, 6.45) is 1.62. The highest BCUT2D eigenvalue weighted by Gasteiger charge is 2.09. The van der Waals surface area contributed by atoms with E-state index < -0.39 is 0 Å². The summed E-state index contributed by atoms with van der Waals surface area (Å²) in [5.41, 5.74) is 1.21. The zero-order chi connectivity index (χ0) is 13.0. The Morgan fingerprint density at radius 1 is 1.44 bits per heavy atom. The molecule has 1 amide bonds. The van der Waals surface area contributed by atoms with E-state index in [-0.39, 0.29) is 5.91 Å². The molecule has 2 aromatic rings.